The molecule has 0 saturated carbocycles. The largest absolute Gasteiger partial charge is 0.258 e. The van der Waals surface area contributed by atoms with Crippen LogP contribution in [0, 0.1) is 0 Å². The lowest BCUT2D eigenvalue weighted by Gasteiger charge is -2.08. The van der Waals surface area contributed by atoms with Crippen molar-refractivity contribution < 1.29 is 0 Å². The Bertz CT molecular complexity index is 251. The Balaban J connectivity index is 2.81. The van der Waals surface area contributed by atoms with Crippen LogP contribution >= 0.6 is 0 Å². The van der Waals surface area contributed by atoms with Gasteiger partial charge in [-0.15, -0.1) is 0 Å². The highest BCUT2D eigenvalue weighted by molar-refractivity contribution is 5.08. The molecule has 0 aliphatic carbocycles. The van der Waals surface area contributed by atoms with Crippen LogP contribution in [-0.4, -0.2) is 9.97 Å². The van der Waals surface area contributed by atoms with E-state index in [1.54, 1.807) is 0 Å². The molecule has 2 heteroatoms. The third kappa shape index (κ3) is 2.51. The van der Waals surface area contributed by atoms with Gasteiger partial charge in [0.15, 0.2) is 0 Å². The third-order valence-electron chi connectivity index (χ3n) is 2.40. The molecule has 1 aromatic heterocycles. The molecule has 0 amide bonds. The summed E-state index contributed by atoms with van der Waals surface area (Å²) < 4.78 is 0. The molecule has 0 unspecified atom stereocenters. The van der Waals surface area contributed by atoms with Gasteiger partial charge >= 0.3 is 0 Å². The summed E-state index contributed by atoms with van der Waals surface area (Å²) in [4.78, 5) is 8.79. The summed E-state index contributed by atoms with van der Waals surface area (Å²) in [5, 5.41) is 0. The average Bonchev–Trinajstić information content (AvgIpc) is 2.17. The van der Waals surface area contributed by atoms with E-state index in [0.29, 0.717) is 11.8 Å². The van der Waals surface area contributed by atoms with Crippen molar-refractivity contribution in [1.29, 1.82) is 0 Å². The zero-order valence-electron chi connectivity index (χ0n) is 8.91. The fourth-order valence-electron chi connectivity index (χ4n) is 1.11. The van der Waals surface area contributed by atoms with E-state index in [1.165, 1.54) is 0 Å². The second-order valence-electron chi connectivity index (χ2n) is 3.83. The second-order valence-corrected chi connectivity index (χ2v) is 3.83. The standard InChI is InChI=1S/C11H18N2/c1-5-9(4)11-7-12-10(6-13-11)8(2)3/h6-9H,5H2,1-4H3/t9-/m0/s1. The van der Waals surface area contributed by atoms with Gasteiger partial charge in [-0.25, -0.2) is 0 Å². The van der Waals surface area contributed by atoms with Crippen LogP contribution in [0.25, 0.3) is 0 Å². The van der Waals surface area contributed by atoms with Crippen LogP contribution < -0.4 is 0 Å². The molecule has 72 valence electrons. The molecule has 1 aromatic rings. The van der Waals surface area contributed by atoms with Gasteiger partial charge < -0.3 is 0 Å². The topological polar surface area (TPSA) is 25.8 Å². The fraction of sp³-hybridized carbons (Fsp3) is 0.636. The Labute approximate surface area is 80.4 Å². The molecular weight excluding hydrogens is 160 g/mol. The summed E-state index contributed by atoms with van der Waals surface area (Å²) in [6.07, 6.45) is 4.92. The normalized spacial score (nSPS) is 13.3. The predicted molar refractivity (Wildman–Crippen MR) is 54.8 cm³/mol. The van der Waals surface area contributed by atoms with Gasteiger partial charge in [0.2, 0.25) is 0 Å². The monoisotopic (exact) mass is 178 g/mol. The van der Waals surface area contributed by atoms with Crippen molar-refractivity contribution in [3.8, 4) is 0 Å². The number of hydrogen-bond acceptors (Lipinski definition) is 2. The van der Waals surface area contributed by atoms with Crippen molar-refractivity contribution in [2.75, 3.05) is 0 Å². The number of nitrogens with zero attached hydrogens (tertiary/aromatic N) is 2. The van der Waals surface area contributed by atoms with Gasteiger partial charge in [0.1, 0.15) is 0 Å². The quantitative estimate of drug-likeness (QED) is 0.710. The van der Waals surface area contributed by atoms with Crippen molar-refractivity contribution >= 4 is 0 Å². The van der Waals surface area contributed by atoms with E-state index < -0.39 is 0 Å². The average molecular weight is 178 g/mol. The first-order valence-corrected chi connectivity index (χ1v) is 4.97. The smallest absolute Gasteiger partial charge is 0.0614 e. The molecule has 2 nitrogen and oxygen atoms in total. The van der Waals surface area contributed by atoms with Crippen LogP contribution in [0.2, 0.25) is 0 Å². The van der Waals surface area contributed by atoms with Crippen molar-refractivity contribution in [1.82, 2.24) is 9.97 Å². The van der Waals surface area contributed by atoms with E-state index in [1.807, 2.05) is 12.4 Å². The highest BCUT2D eigenvalue weighted by Gasteiger charge is 2.06. The predicted octanol–water partition coefficient (Wildman–Crippen LogP) is 3.11. The molecule has 0 fully saturated rings. The molecule has 0 bridgehead atoms. The summed E-state index contributed by atoms with van der Waals surface area (Å²) in [5.41, 5.74) is 2.18. The van der Waals surface area contributed by atoms with Crippen molar-refractivity contribution in [2.45, 2.75) is 46.0 Å². The number of aromatic nitrogens is 2. The summed E-state index contributed by atoms with van der Waals surface area (Å²) in [6, 6.07) is 0. The molecule has 0 aromatic carbocycles. The molecule has 0 radical (unpaired) electrons. The Morgan fingerprint density at radius 2 is 1.62 bits per heavy atom. The van der Waals surface area contributed by atoms with Crippen LogP contribution in [0.3, 0.4) is 0 Å². The molecule has 0 aliphatic heterocycles. The highest BCUT2D eigenvalue weighted by Crippen LogP contribution is 2.16. The maximum absolute atomic E-state index is 4.41. The van der Waals surface area contributed by atoms with E-state index in [9.17, 15) is 0 Å². The fourth-order valence-corrected chi connectivity index (χ4v) is 1.11. The zero-order chi connectivity index (χ0) is 9.84. The molecule has 13 heavy (non-hydrogen) atoms. The highest BCUT2D eigenvalue weighted by atomic mass is 14.8. The third-order valence-corrected chi connectivity index (χ3v) is 2.40. The SMILES string of the molecule is CC[C@H](C)c1cnc(C(C)C)cn1. The minimum atomic E-state index is 0.471. The zero-order valence-corrected chi connectivity index (χ0v) is 8.91. The molecular formula is C11H18N2. The molecule has 0 aliphatic rings. The van der Waals surface area contributed by atoms with Gasteiger partial charge in [0.25, 0.3) is 0 Å². The van der Waals surface area contributed by atoms with Crippen LogP contribution in [0.15, 0.2) is 12.4 Å². The first kappa shape index (κ1) is 10.2. The lowest BCUT2D eigenvalue weighted by Crippen LogP contribution is -2.00. The maximum atomic E-state index is 4.41. The second kappa shape index (κ2) is 4.35. The summed E-state index contributed by atoms with van der Waals surface area (Å²) in [6.45, 7) is 8.61. The van der Waals surface area contributed by atoms with Gasteiger partial charge in [0, 0.05) is 12.4 Å². The van der Waals surface area contributed by atoms with E-state index >= 15 is 0 Å². The van der Waals surface area contributed by atoms with E-state index in [0.717, 1.165) is 17.8 Å². The Hall–Kier alpha value is -0.920. The van der Waals surface area contributed by atoms with Gasteiger partial charge in [-0.1, -0.05) is 27.7 Å². The molecule has 1 heterocycles. The molecule has 0 N–H and O–H groups in total. The van der Waals surface area contributed by atoms with Crippen LogP contribution in [-0.2, 0) is 0 Å². The lowest BCUT2D eigenvalue weighted by atomic mass is 10.1. The first-order valence-electron chi connectivity index (χ1n) is 4.97. The lowest BCUT2D eigenvalue weighted by molar-refractivity contribution is 0.693. The number of rotatable bonds is 3. The Morgan fingerprint density at radius 1 is 1.08 bits per heavy atom. The van der Waals surface area contributed by atoms with E-state index in [2.05, 4.69) is 37.7 Å². The molecule has 1 atom stereocenters. The van der Waals surface area contributed by atoms with Gasteiger partial charge in [-0.05, 0) is 18.3 Å². The van der Waals surface area contributed by atoms with Gasteiger partial charge in [-0.2, -0.15) is 0 Å². The number of hydrogen-bond donors (Lipinski definition) is 0. The Kier molecular flexibility index (Phi) is 3.40. The molecule has 0 saturated heterocycles. The van der Waals surface area contributed by atoms with Gasteiger partial charge in [-0.3, -0.25) is 9.97 Å². The summed E-state index contributed by atoms with van der Waals surface area (Å²) in [7, 11) is 0. The van der Waals surface area contributed by atoms with E-state index in [-0.39, 0.29) is 0 Å². The molecule has 0 spiro atoms. The van der Waals surface area contributed by atoms with Crippen molar-refractivity contribution in [3.05, 3.63) is 23.8 Å². The summed E-state index contributed by atoms with van der Waals surface area (Å²) >= 11 is 0. The van der Waals surface area contributed by atoms with Crippen molar-refractivity contribution in [3.63, 3.8) is 0 Å². The van der Waals surface area contributed by atoms with Crippen molar-refractivity contribution in [2.24, 2.45) is 0 Å². The van der Waals surface area contributed by atoms with Crippen LogP contribution in [0.5, 0.6) is 0 Å². The van der Waals surface area contributed by atoms with Crippen LogP contribution in [0.4, 0.5) is 0 Å². The first-order chi connectivity index (χ1) is 6.15. The molecule has 1 rings (SSSR count). The summed E-state index contributed by atoms with van der Waals surface area (Å²) in [5.74, 6) is 0.993. The minimum Gasteiger partial charge on any atom is -0.258 e. The van der Waals surface area contributed by atoms with E-state index in [4.69, 9.17) is 0 Å². The van der Waals surface area contributed by atoms with Gasteiger partial charge in [0.05, 0.1) is 11.4 Å². The Morgan fingerprint density at radius 3 is 2.00 bits per heavy atom. The van der Waals surface area contributed by atoms with Crippen LogP contribution in [0.1, 0.15) is 57.3 Å². The minimum absolute atomic E-state index is 0.471. The maximum Gasteiger partial charge on any atom is 0.0614 e.